The number of urea groups is 1. The van der Waals surface area contributed by atoms with E-state index in [-0.39, 0.29) is 14.9 Å². The van der Waals surface area contributed by atoms with Crippen LogP contribution in [0.2, 0.25) is 10.0 Å². The summed E-state index contributed by atoms with van der Waals surface area (Å²) in [6.07, 6.45) is 0. The van der Waals surface area contributed by atoms with E-state index in [1.807, 2.05) is 4.83 Å². The molecule has 1 aliphatic heterocycles. The average molecular weight is 428 g/mol. The first-order valence-corrected chi connectivity index (χ1v) is 10.0. The number of carbonyl (C=O) groups is 2. The molecule has 0 saturated carbocycles. The summed E-state index contributed by atoms with van der Waals surface area (Å²) in [6.45, 7) is 3.13. The number of nitrogens with one attached hydrogen (secondary N) is 2. The normalized spacial score (nSPS) is 20.1. The van der Waals surface area contributed by atoms with Crippen molar-refractivity contribution in [1.82, 2.24) is 15.2 Å². The summed E-state index contributed by atoms with van der Waals surface area (Å²) in [6, 6.07) is 10.0. The van der Waals surface area contributed by atoms with Crippen LogP contribution in [0.25, 0.3) is 0 Å². The number of hydrogen-bond acceptors (Lipinski definition) is 4. The van der Waals surface area contributed by atoms with E-state index >= 15 is 0 Å². The lowest BCUT2D eigenvalue weighted by Gasteiger charge is -2.22. The van der Waals surface area contributed by atoms with E-state index < -0.39 is 27.5 Å². The number of imide groups is 1. The highest BCUT2D eigenvalue weighted by Gasteiger charge is 2.50. The van der Waals surface area contributed by atoms with E-state index in [9.17, 15) is 18.0 Å². The fourth-order valence-electron chi connectivity index (χ4n) is 2.64. The summed E-state index contributed by atoms with van der Waals surface area (Å²) in [7, 11) is -4.28. The van der Waals surface area contributed by atoms with Crippen molar-refractivity contribution in [3.05, 3.63) is 63.6 Å². The third-order valence-electron chi connectivity index (χ3n) is 4.32. The van der Waals surface area contributed by atoms with Gasteiger partial charge in [0.2, 0.25) is 0 Å². The van der Waals surface area contributed by atoms with Crippen molar-refractivity contribution in [2.75, 3.05) is 0 Å². The van der Waals surface area contributed by atoms with E-state index in [0.29, 0.717) is 16.1 Å². The van der Waals surface area contributed by atoms with Crippen LogP contribution in [-0.4, -0.2) is 25.4 Å². The van der Waals surface area contributed by atoms with Crippen LogP contribution in [0, 0.1) is 6.92 Å². The van der Waals surface area contributed by atoms with Crippen molar-refractivity contribution in [2.45, 2.75) is 24.3 Å². The first-order valence-electron chi connectivity index (χ1n) is 7.76. The van der Waals surface area contributed by atoms with Crippen LogP contribution < -0.4 is 10.1 Å². The molecular weight excluding hydrogens is 413 g/mol. The number of nitrogens with zero attached hydrogens (tertiary/aromatic N) is 1. The van der Waals surface area contributed by atoms with E-state index in [1.165, 1.54) is 19.1 Å². The second kappa shape index (κ2) is 6.79. The van der Waals surface area contributed by atoms with Gasteiger partial charge in [0, 0.05) is 10.0 Å². The summed E-state index contributed by atoms with van der Waals surface area (Å²) in [5, 5.41) is 3.24. The molecule has 2 aromatic rings. The molecule has 0 radical (unpaired) electrons. The molecule has 0 aliphatic carbocycles. The largest absolute Gasteiger partial charge is 0.341 e. The number of benzene rings is 2. The minimum atomic E-state index is -4.28. The van der Waals surface area contributed by atoms with Crippen molar-refractivity contribution in [3.63, 3.8) is 0 Å². The van der Waals surface area contributed by atoms with Crippen LogP contribution in [0.5, 0.6) is 0 Å². The minimum Gasteiger partial charge on any atom is -0.318 e. The molecule has 0 unspecified atom stereocenters. The number of carbonyl (C=O) groups excluding carboxylic acids is 2. The zero-order valence-corrected chi connectivity index (χ0v) is 16.6. The van der Waals surface area contributed by atoms with Gasteiger partial charge in [-0.25, -0.2) is 13.2 Å². The highest BCUT2D eigenvalue weighted by Crippen LogP contribution is 2.30. The van der Waals surface area contributed by atoms with Crippen LogP contribution in [0.15, 0.2) is 47.4 Å². The van der Waals surface area contributed by atoms with E-state index in [2.05, 4.69) is 5.32 Å². The lowest BCUT2D eigenvalue weighted by atomic mass is 9.92. The molecule has 7 nitrogen and oxygen atoms in total. The molecule has 3 amide bonds. The third kappa shape index (κ3) is 3.41. The Morgan fingerprint density at radius 1 is 1.07 bits per heavy atom. The first-order chi connectivity index (χ1) is 12.6. The topological polar surface area (TPSA) is 95.6 Å². The van der Waals surface area contributed by atoms with Gasteiger partial charge < -0.3 is 5.32 Å². The van der Waals surface area contributed by atoms with Gasteiger partial charge in [-0.15, -0.1) is 4.83 Å². The average Bonchev–Trinajstić information content (AvgIpc) is 2.84. The van der Waals surface area contributed by atoms with Crippen molar-refractivity contribution in [2.24, 2.45) is 0 Å². The molecule has 1 aliphatic rings. The second-order valence-corrected chi connectivity index (χ2v) is 8.64. The molecule has 1 heterocycles. The molecule has 1 saturated heterocycles. The van der Waals surface area contributed by atoms with E-state index in [1.54, 1.807) is 37.3 Å². The standard InChI is InChI=1S/C17H15Cl2N3O4S/c1-10-13(18)8-12(9-14(10)19)27(25,26)21-22-15(23)17(2,20-16(22)24)11-6-4-3-5-7-11/h3-9,21H,1-2H3,(H,20,24)/t17-/m1/s1. The molecule has 1 atom stereocenters. The highest BCUT2D eigenvalue weighted by molar-refractivity contribution is 7.89. The minimum absolute atomic E-state index is 0.147. The quantitative estimate of drug-likeness (QED) is 0.732. The van der Waals surface area contributed by atoms with Crippen LogP contribution in [-0.2, 0) is 20.4 Å². The Labute approximate surface area is 166 Å². The molecule has 0 spiro atoms. The third-order valence-corrected chi connectivity index (χ3v) is 6.38. The molecular formula is C17H15Cl2N3O4S. The van der Waals surface area contributed by atoms with Gasteiger partial charge in [-0.3, -0.25) is 4.79 Å². The SMILES string of the molecule is Cc1c(Cl)cc(S(=O)(=O)NN2C(=O)N[C@](C)(c3ccccc3)C2=O)cc1Cl. The van der Waals surface area contributed by atoms with Crippen molar-refractivity contribution in [1.29, 1.82) is 0 Å². The molecule has 142 valence electrons. The fourth-order valence-corrected chi connectivity index (χ4v) is 4.31. The van der Waals surface area contributed by atoms with Crippen molar-refractivity contribution in [3.8, 4) is 0 Å². The van der Waals surface area contributed by atoms with Crippen LogP contribution in [0.4, 0.5) is 4.79 Å². The number of amides is 3. The van der Waals surface area contributed by atoms with Crippen LogP contribution in [0.1, 0.15) is 18.1 Å². The van der Waals surface area contributed by atoms with Crippen LogP contribution >= 0.6 is 23.2 Å². The highest BCUT2D eigenvalue weighted by atomic mass is 35.5. The van der Waals surface area contributed by atoms with Gasteiger partial charge in [-0.05, 0) is 37.1 Å². The van der Waals surface area contributed by atoms with Gasteiger partial charge in [-0.2, -0.15) is 5.01 Å². The molecule has 27 heavy (non-hydrogen) atoms. The maximum absolute atomic E-state index is 12.8. The zero-order valence-electron chi connectivity index (χ0n) is 14.3. The smallest absolute Gasteiger partial charge is 0.318 e. The number of rotatable bonds is 4. The Kier molecular flexibility index (Phi) is 4.94. The Bertz CT molecular complexity index is 1020. The number of sulfonamides is 1. The lowest BCUT2D eigenvalue weighted by molar-refractivity contribution is -0.132. The van der Waals surface area contributed by atoms with Crippen LogP contribution in [0.3, 0.4) is 0 Å². The van der Waals surface area contributed by atoms with Gasteiger partial charge in [0.1, 0.15) is 5.54 Å². The Morgan fingerprint density at radius 2 is 1.63 bits per heavy atom. The van der Waals surface area contributed by atoms with Gasteiger partial charge in [-0.1, -0.05) is 53.5 Å². The fraction of sp³-hybridized carbons (Fsp3) is 0.176. The maximum Gasteiger partial charge on any atom is 0.341 e. The predicted molar refractivity (Wildman–Crippen MR) is 101 cm³/mol. The van der Waals surface area contributed by atoms with Gasteiger partial charge in [0.25, 0.3) is 15.9 Å². The maximum atomic E-state index is 12.8. The summed E-state index contributed by atoms with van der Waals surface area (Å²) >= 11 is 12.0. The second-order valence-electron chi connectivity index (χ2n) is 6.17. The molecule has 10 heteroatoms. The van der Waals surface area contributed by atoms with Gasteiger partial charge in [0.05, 0.1) is 4.90 Å². The molecule has 1 fully saturated rings. The molecule has 0 bridgehead atoms. The lowest BCUT2D eigenvalue weighted by Crippen LogP contribution is -2.47. The summed E-state index contributed by atoms with van der Waals surface area (Å²) in [5.41, 5.74) is -0.362. The summed E-state index contributed by atoms with van der Waals surface area (Å²) in [4.78, 5) is 26.8. The van der Waals surface area contributed by atoms with Crippen molar-refractivity contribution < 1.29 is 18.0 Å². The van der Waals surface area contributed by atoms with E-state index in [4.69, 9.17) is 23.2 Å². The van der Waals surface area contributed by atoms with E-state index in [0.717, 1.165) is 0 Å². The number of hydrazine groups is 1. The van der Waals surface area contributed by atoms with Gasteiger partial charge in [0.15, 0.2) is 0 Å². The monoisotopic (exact) mass is 427 g/mol. The Hall–Kier alpha value is -2.13. The number of hydrogen-bond donors (Lipinski definition) is 2. The first kappa shape index (κ1) is 19.6. The summed E-state index contributed by atoms with van der Waals surface area (Å²) in [5.74, 6) is -0.758. The molecule has 0 aromatic heterocycles. The summed E-state index contributed by atoms with van der Waals surface area (Å²) < 4.78 is 25.3. The molecule has 3 rings (SSSR count). The van der Waals surface area contributed by atoms with Gasteiger partial charge >= 0.3 is 6.03 Å². The Morgan fingerprint density at radius 3 is 2.19 bits per heavy atom. The number of halogens is 2. The Balaban J connectivity index is 1.94. The predicted octanol–water partition coefficient (Wildman–Crippen LogP) is 2.96. The zero-order chi connectivity index (χ0) is 20.0. The van der Waals surface area contributed by atoms with Crippen molar-refractivity contribution >= 4 is 45.2 Å². The molecule has 2 aromatic carbocycles. The molecule has 2 N–H and O–H groups in total.